The van der Waals surface area contributed by atoms with Gasteiger partial charge in [-0.1, -0.05) is 30.3 Å². The molecule has 0 fully saturated rings. The molecule has 0 unspecified atom stereocenters. The highest BCUT2D eigenvalue weighted by molar-refractivity contribution is 6.34. The highest BCUT2D eigenvalue weighted by Crippen LogP contribution is 2.32. The van der Waals surface area contributed by atoms with Crippen molar-refractivity contribution in [2.45, 2.75) is 13.8 Å². The lowest BCUT2D eigenvalue weighted by Crippen LogP contribution is -2.21. The molecule has 1 aliphatic heterocycles. The van der Waals surface area contributed by atoms with Crippen molar-refractivity contribution in [2.24, 2.45) is 0 Å². The molecule has 0 spiro atoms. The average molecular weight is 292 g/mol. The van der Waals surface area contributed by atoms with Crippen molar-refractivity contribution in [3.63, 3.8) is 0 Å². The first-order valence-electron chi connectivity index (χ1n) is 7.70. The van der Waals surface area contributed by atoms with E-state index >= 15 is 0 Å². The molecule has 3 heteroatoms. The number of hydrogen-bond donors (Lipinski definition) is 1. The fourth-order valence-electron chi connectivity index (χ4n) is 2.82. The van der Waals surface area contributed by atoms with E-state index in [2.05, 4.69) is 48.3 Å². The number of para-hydroxylation sites is 1. The van der Waals surface area contributed by atoms with Gasteiger partial charge in [-0.15, -0.1) is 0 Å². The van der Waals surface area contributed by atoms with Crippen LogP contribution in [0.15, 0.2) is 48.5 Å². The molecule has 1 N–H and O–H groups in total. The molecule has 0 saturated heterocycles. The minimum absolute atomic E-state index is 0.0333. The number of hydrogen-bond acceptors (Lipinski definition) is 2. The number of anilines is 2. The molecule has 1 amide bonds. The molecule has 0 bridgehead atoms. The number of carbonyl (C=O) groups is 1. The van der Waals surface area contributed by atoms with Crippen molar-refractivity contribution in [3.8, 4) is 0 Å². The Balaban J connectivity index is 1.91. The topological polar surface area (TPSA) is 32.3 Å². The van der Waals surface area contributed by atoms with Gasteiger partial charge in [-0.25, -0.2) is 0 Å². The van der Waals surface area contributed by atoms with Gasteiger partial charge < -0.3 is 10.2 Å². The van der Waals surface area contributed by atoms with Crippen LogP contribution in [0.1, 0.15) is 25.0 Å². The van der Waals surface area contributed by atoms with Crippen LogP contribution < -0.4 is 10.2 Å². The standard InChI is InChI=1S/C19H20N2O/c1-3-21(4-2)15-11-9-14(10-12-15)13-17-16-7-5-6-8-18(16)20-19(17)22/h5-13H,3-4H2,1-2H3,(H,20,22)/b17-13-. The van der Waals surface area contributed by atoms with Crippen molar-refractivity contribution >= 4 is 28.9 Å². The highest BCUT2D eigenvalue weighted by Gasteiger charge is 2.23. The van der Waals surface area contributed by atoms with Crippen molar-refractivity contribution in [1.82, 2.24) is 0 Å². The molecule has 0 atom stereocenters. The number of nitrogens with zero attached hydrogens (tertiary/aromatic N) is 1. The normalized spacial score (nSPS) is 14.8. The summed E-state index contributed by atoms with van der Waals surface area (Å²) in [6.45, 7) is 6.29. The third-order valence-corrected chi connectivity index (χ3v) is 4.04. The zero-order chi connectivity index (χ0) is 15.5. The molecule has 0 aliphatic carbocycles. The van der Waals surface area contributed by atoms with Crippen LogP contribution in [0.25, 0.3) is 11.6 Å². The first-order valence-corrected chi connectivity index (χ1v) is 7.70. The van der Waals surface area contributed by atoms with Crippen molar-refractivity contribution in [3.05, 3.63) is 59.7 Å². The minimum Gasteiger partial charge on any atom is -0.372 e. The maximum atomic E-state index is 12.1. The van der Waals surface area contributed by atoms with E-state index in [1.807, 2.05) is 30.3 Å². The molecular formula is C19H20N2O. The third kappa shape index (κ3) is 2.62. The van der Waals surface area contributed by atoms with Crippen molar-refractivity contribution in [2.75, 3.05) is 23.3 Å². The molecule has 1 heterocycles. The smallest absolute Gasteiger partial charge is 0.256 e. The first-order chi connectivity index (χ1) is 10.7. The highest BCUT2D eigenvalue weighted by atomic mass is 16.2. The van der Waals surface area contributed by atoms with Crippen LogP contribution in [0.3, 0.4) is 0 Å². The molecule has 3 nitrogen and oxygen atoms in total. The van der Waals surface area contributed by atoms with E-state index in [0.29, 0.717) is 0 Å². The Morgan fingerprint density at radius 2 is 1.68 bits per heavy atom. The Morgan fingerprint density at radius 3 is 2.36 bits per heavy atom. The number of rotatable bonds is 4. The van der Waals surface area contributed by atoms with Gasteiger partial charge in [-0.05, 0) is 43.7 Å². The largest absolute Gasteiger partial charge is 0.372 e. The Bertz CT molecular complexity index is 712. The maximum Gasteiger partial charge on any atom is 0.256 e. The van der Waals surface area contributed by atoms with Gasteiger partial charge in [0.25, 0.3) is 5.91 Å². The third-order valence-electron chi connectivity index (χ3n) is 4.04. The lowest BCUT2D eigenvalue weighted by molar-refractivity contribution is -0.110. The van der Waals surface area contributed by atoms with Gasteiger partial charge in [0.1, 0.15) is 0 Å². The van der Waals surface area contributed by atoms with E-state index < -0.39 is 0 Å². The second-order valence-electron chi connectivity index (χ2n) is 5.32. The van der Waals surface area contributed by atoms with Crippen LogP contribution in [0.4, 0.5) is 11.4 Å². The monoisotopic (exact) mass is 292 g/mol. The number of fused-ring (bicyclic) bond motifs is 1. The van der Waals surface area contributed by atoms with Crippen LogP contribution in [0.5, 0.6) is 0 Å². The van der Waals surface area contributed by atoms with Gasteiger partial charge in [-0.3, -0.25) is 4.79 Å². The molecule has 0 radical (unpaired) electrons. The number of benzene rings is 2. The van der Waals surface area contributed by atoms with Gasteiger partial charge in [0.05, 0.1) is 0 Å². The van der Waals surface area contributed by atoms with E-state index in [1.165, 1.54) is 5.69 Å². The summed E-state index contributed by atoms with van der Waals surface area (Å²) >= 11 is 0. The van der Waals surface area contributed by atoms with E-state index in [0.717, 1.165) is 35.5 Å². The quantitative estimate of drug-likeness (QED) is 0.863. The van der Waals surface area contributed by atoms with E-state index in [9.17, 15) is 4.79 Å². The molecule has 2 aromatic carbocycles. The molecule has 3 rings (SSSR count). The summed E-state index contributed by atoms with van der Waals surface area (Å²) in [5.74, 6) is -0.0333. The van der Waals surface area contributed by atoms with E-state index in [-0.39, 0.29) is 5.91 Å². The van der Waals surface area contributed by atoms with Gasteiger partial charge in [-0.2, -0.15) is 0 Å². The number of nitrogens with one attached hydrogen (secondary N) is 1. The average Bonchev–Trinajstić information content (AvgIpc) is 2.86. The van der Waals surface area contributed by atoms with Gasteiger partial charge in [0, 0.05) is 35.6 Å². The van der Waals surface area contributed by atoms with Crippen LogP contribution in [0, 0.1) is 0 Å². The van der Waals surface area contributed by atoms with Crippen LogP contribution in [-0.2, 0) is 4.79 Å². The van der Waals surface area contributed by atoms with Gasteiger partial charge in [0.2, 0.25) is 0 Å². The summed E-state index contributed by atoms with van der Waals surface area (Å²) < 4.78 is 0. The van der Waals surface area contributed by atoms with Gasteiger partial charge in [0.15, 0.2) is 0 Å². The van der Waals surface area contributed by atoms with E-state index in [1.54, 1.807) is 0 Å². The first kappa shape index (κ1) is 14.4. The summed E-state index contributed by atoms with van der Waals surface area (Å²) in [6, 6.07) is 16.1. The molecule has 22 heavy (non-hydrogen) atoms. The molecular weight excluding hydrogens is 272 g/mol. The Morgan fingerprint density at radius 1 is 1.00 bits per heavy atom. The van der Waals surface area contributed by atoms with Crippen LogP contribution in [0.2, 0.25) is 0 Å². The fraction of sp³-hybridized carbons (Fsp3) is 0.211. The SMILES string of the molecule is CCN(CC)c1ccc(/C=C2\C(=O)Nc3ccccc32)cc1. The predicted octanol–water partition coefficient (Wildman–Crippen LogP) is 4.03. The Hall–Kier alpha value is -2.55. The van der Waals surface area contributed by atoms with Crippen molar-refractivity contribution in [1.29, 1.82) is 0 Å². The summed E-state index contributed by atoms with van der Waals surface area (Å²) in [7, 11) is 0. The molecule has 1 aliphatic rings. The second kappa shape index (κ2) is 6.06. The lowest BCUT2D eigenvalue weighted by atomic mass is 10.0. The fourth-order valence-corrected chi connectivity index (χ4v) is 2.82. The zero-order valence-electron chi connectivity index (χ0n) is 13.0. The second-order valence-corrected chi connectivity index (χ2v) is 5.32. The summed E-state index contributed by atoms with van der Waals surface area (Å²) in [5.41, 5.74) is 4.84. The molecule has 2 aromatic rings. The van der Waals surface area contributed by atoms with Crippen molar-refractivity contribution < 1.29 is 4.79 Å². The summed E-state index contributed by atoms with van der Waals surface area (Å²) in [4.78, 5) is 14.4. The lowest BCUT2D eigenvalue weighted by Gasteiger charge is -2.20. The number of carbonyl (C=O) groups excluding carboxylic acids is 1. The molecule has 0 saturated carbocycles. The van der Waals surface area contributed by atoms with E-state index in [4.69, 9.17) is 0 Å². The van der Waals surface area contributed by atoms with Gasteiger partial charge >= 0.3 is 0 Å². The molecule has 0 aromatic heterocycles. The predicted molar refractivity (Wildman–Crippen MR) is 92.9 cm³/mol. The number of amides is 1. The Labute approximate surface area is 131 Å². The summed E-state index contributed by atoms with van der Waals surface area (Å²) in [6.07, 6.45) is 1.95. The maximum absolute atomic E-state index is 12.1. The summed E-state index contributed by atoms with van der Waals surface area (Å²) in [5, 5.41) is 2.90. The Kier molecular flexibility index (Phi) is 3.96. The van der Waals surface area contributed by atoms with Crippen LogP contribution >= 0.6 is 0 Å². The minimum atomic E-state index is -0.0333. The zero-order valence-corrected chi connectivity index (χ0v) is 13.0. The van der Waals surface area contributed by atoms with Crippen LogP contribution in [-0.4, -0.2) is 19.0 Å². The molecule has 112 valence electrons.